The molecule has 14 heavy (non-hydrogen) atoms. The molecule has 0 aliphatic carbocycles. The quantitative estimate of drug-likeness (QED) is 0.613. The van der Waals surface area contributed by atoms with Crippen molar-refractivity contribution in [1.29, 1.82) is 0 Å². The molecule has 4 nitrogen and oxygen atoms in total. The van der Waals surface area contributed by atoms with Crippen molar-refractivity contribution in [2.45, 2.75) is 13.0 Å². The van der Waals surface area contributed by atoms with Gasteiger partial charge in [0.05, 0.1) is 5.69 Å². The zero-order valence-electron chi connectivity index (χ0n) is 7.62. The molecule has 1 unspecified atom stereocenters. The lowest BCUT2D eigenvalue weighted by Gasteiger charge is -2.08. The highest BCUT2D eigenvalue weighted by atomic mass is 19.1. The number of carbonyl (C=O) groups excluding carboxylic acids is 1. The van der Waals surface area contributed by atoms with E-state index in [0.29, 0.717) is 5.69 Å². The Kier molecular flexibility index (Phi) is 3.03. The number of carbonyl (C=O) groups is 1. The maximum absolute atomic E-state index is 13.0. The Labute approximate surface area is 80.5 Å². The molecule has 0 fully saturated rings. The van der Waals surface area contributed by atoms with Crippen molar-refractivity contribution >= 4 is 17.3 Å². The highest BCUT2D eigenvalue weighted by Crippen LogP contribution is 2.17. The zero-order valence-corrected chi connectivity index (χ0v) is 7.62. The van der Waals surface area contributed by atoms with Crippen molar-refractivity contribution in [1.82, 2.24) is 0 Å². The van der Waals surface area contributed by atoms with Gasteiger partial charge in [-0.1, -0.05) is 0 Å². The first kappa shape index (κ1) is 10.5. The molecule has 0 bridgehead atoms. The van der Waals surface area contributed by atoms with Crippen molar-refractivity contribution in [2.75, 3.05) is 11.1 Å². The molecule has 1 rings (SSSR count). The molecule has 0 heterocycles. The molecule has 4 N–H and O–H groups in total. The normalized spacial score (nSPS) is 12.2. The number of hydrogen-bond acceptors (Lipinski definition) is 3. The Hall–Kier alpha value is -1.62. The van der Waals surface area contributed by atoms with Crippen LogP contribution < -0.4 is 11.1 Å². The molecule has 1 aromatic rings. The number of aliphatic hydroxyl groups excluding tert-OH is 1. The monoisotopic (exact) mass is 198 g/mol. The van der Waals surface area contributed by atoms with Gasteiger partial charge in [0.2, 0.25) is 0 Å². The molecule has 0 radical (unpaired) electrons. The second-order valence-corrected chi connectivity index (χ2v) is 2.90. The van der Waals surface area contributed by atoms with Crippen LogP contribution in [0.5, 0.6) is 0 Å². The van der Waals surface area contributed by atoms with Crippen LogP contribution in [-0.2, 0) is 4.79 Å². The summed E-state index contributed by atoms with van der Waals surface area (Å²) in [6.45, 7) is 1.29. The first-order chi connectivity index (χ1) is 6.50. The number of halogens is 1. The third kappa shape index (κ3) is 2.43. The number of benzene rings is 1. The van der Waals surface area contributed by atoms with Gasteiger partial charge >= 0.3 is 0 Å². The summed E-state index contributed by atoms with van der Waals surface area (Å²) in [6.07, 6.45) is -1.18. The zero-order chi connectivity index (χ0) is 10.7. The van der Waals surface area contributed by atoms with Crippen molar-refractivity contribution in [3.8, 4) is 0 Å². The van der Waals surface area contributed by atoms with Crippen LogP contribution in [0.25, 0.3) is 0 Å². The summed E-state index contributed by atoms with van der Waals surface area (Å²) in [4.78, 5) is 11.0. The van der Waals surface area contributed by atoms with Gasteiger partial charge in [-0.05, 0) is 25.1 Å². The first-order valence-corrected chi connectivity index (χ1v) is 4.04. The molecule has 0 aliphatic heterocycles. The largest absolute Gasteiger partial charge is 0.399 e. The van der Waals surface area contributed by atoms with Crippen LogP contribution >= 0.6 is 0 Å². The fourth-order valence-electron chi connectivity index (χ4n) is 0.876. The van der Waals surface area contributed by atoms with Gasteiger partial charge in [-0.3, -0.25) is 4.79 Å². The lowest BCUT2D eigenvalue weighted by molar-refractivity contribution is -0.123. The summed E-state index contributed by atoms with van der Waals surface area (Å²) in [7, 11) is 0. The van der Waals surface area contributed by atoms with Crippen LogP contribution in [0, 0.1) is 5.82 Å². The van der Waals surface area contributed by atoms with E-state index in [1.807, 2.05) is 0 Å². The van der Waals surface area contributed by atoms with E-state index in [1.54, 1.807) is 0 Å². The van der Waals surface area contributed by atoms with Gasteiger partial charge in [-0.2, -0.15) is 0 Å². The second kappa shape index (κ2) is 4.06. The molecular formula is C9H11FN2O2. The SMILES string of the molecule is CC(O)C(=O)Nc1cc(N)ccc1F. The van der Waals surface area contributed by atoms with E-state index < -0.39 is 17.8 Å². The van der Waals surface area contributed by atoms with Crippen molar-refractivity contribution in [2.24, 2.45) is 0 Å². The highest BCUT2D eigenvalue weighted by Gasteiger charge is 2.11. The van der Waals surface area contributed by atoms with E-state index in [0.717, 1.165) is 6.07 Å². The second-order valence-electron chi connectivity index (χ2n) is 2.90. The number of anilines is 2. The minimum absolute atomic E-state index is 0.0316. The van der Waals surface area contributed by atoms with Crippen LogP contribution in [0.3, 0.4) is 0 Å². The fourth-order valence-corrected chi connectivity index (χ4v) is 0.876. The van der Waals surface area contributed by atoms with E-state index in [2.05, 4.69) is 5.32 Å². The Morgan fingerprint density at radius 3 is 2.86 bits per heavy atom. The van der Waals surface area contributed by atoms with Crippen molar-refractivity contribution in [3.63, 3.8) is 0 Å². The number of hydrogen-bond donors (Lipinski definition) is 3. The lowest BCUT2D eigenvalue weighted by Crippen LogP contribution is -2.25. The van der Waals surface area contributed by atoms with Crippen LogP contribution in [0.2, 0.25) is 0 Å². The standard InChI is InChI=1S/C9H11FN2O2/c1-5(13)9(14)12-8-4-6(11)2-3-7(8)10/h2-5,13H,11H2,1H3,(H,12,14). The summed E-state index contributed by atoms with van der Waals surface area (Å²) in [5.74, 6) is -1.26. The molecule has 76 valence electrons. The Morgan fingerprint density at radius 1 is 1.64 bits per heavy atom. The minimum atomic E-state index is -1.18. The maximum Gasteiger partial charge on any atom is 0.252 e. The van der Waals surface area contributed by atoms with Crippen molar-refractivity contribution < 1.29 is 14.3 Å². The molecule has 5 heteroatoms. The van der Waals surface area contributed by atoms with E-state index in [1.165, 1.54) is 19.1 Å². The third-order valence-electron chi connectivity index (χ3n) is 1.63. The van der Waals surface area contributed by atoms with E-state index >= 15 is 0 Å². The van der Waals surface area contributed by atoms with E-state index in [4.69, 9.17) is 10.8 Å². The molecule has 0 saturated carbocycles. The molecule has 1 atom stereocenters. The van der Waals surface area contributed by atoms with Gasteiger partial charge in [0.15, 0.2) is 0 Å². The molecule has 1 aromatic carbocycles. The molecule has 0 saturated heterocycles. The van der Waals surface area contributed by atoms with Crippen molar-refractivity contribution in [3.05, 3.63) is 24.0 Å². The van der Waals surface area contributed by atoms with Gasteiger partial charge in [0.25, 0.3) is 5.91 Å². The van der Waals surface area contributed by atoms with Crippen LogP contribution in [-0.4, -0.2) is 17.1 Å². The summed E-state index contributed by atoms with van der Waals surface area (Å²) in [5, 5.41) is 11.1. The van der Waals surface area contributed by atoms with E-state index in [-0.39, 0.29) is 5.69 Å². The predicted molar refractivity (Wildman–Crippen MR) is 51.1 cm³/mol. The highest BCUT2D eigenvalue weighted by molar-refractivity contribution is 5.94. The summed E-state index contributed by atoms with van der Waals surface area (Å²) < 4.78 is 13.0. The van der Waals surface area contributed by atoms with Crippen LogP contribution in [0.15, 0.2) is 18.2 Å². The summed E-state index contributed by atoms with van der Waals surface area (Å²) >= 11 is 0. The first-order valence-electron chi connectivity index (χ1n) is 4.04. The average molecular weight is 198 g/mol. The summed E-state index contributed by atoms with van der Waals surface area (Å²) in [5.41, 5.74) is 5.71. The number of amides is 1. The summed E-state index contributed by atoms with van der Waals surface area (Å²) in [6, 6.07) is 3.82. The Bertz CT molecular complexity index is 353. The maximum atomic E-state index is 13.0. The molecule has 0 spiro atoms. The van der Waals surface area contributed by atoms with Gasteiger partial charge in [0.1, 0.15) is 11.9 Å². The number of rotatable bonds is 2. The van der Waals surface area contributed by atoms with Gasteiger partial charge in [-0.15, -0.1) is 0 Å². The number of aliphatic hydroxyl groups is 1. The molecule has 0 aliphatic rings. The number of nitrogens with one attached hydrogen (secondary N) is 1. The predicted octanol–water partition coefficient (Wildman–Crippen LogP) is 0.727. The van der Waals surface area contributed by atoms with Gasteiger partial charge in [-0.25, -0.2) is 4.39 Å². The Morgan fingerprint density at radius 2 is 2.29 bits per heavy atom. The third-order valence-corrected chi connectivity index (χ3v) is 1.63. The average Bonchev–Trinajstić information content (AvgIpc) is 2.11. The number of nitrogens with two attached hydrogens (primary N) is 1. The fraction of sp³-hybridized carbons (Fsp3) is 0.222. The Balaban J connectivity index is 2.86. The minimum Gasteiger partial charge on any atom is -0.399 e. The van der Waals surface area contributed by atoms with Crippen LogP contribution in [0.1, 0.15) is 6.92 Å². The number of nitrogen functional groups attached to an aromatic ring is 1. The lowest BCUT2D eigenvalue weighted by atomic mass is 10.2. The van der Waals surface area contributed by atoms with Gasteiger partial charge in [0, 0.05) is 5.69 Å². The topological polar surface area (TPSA) is 75.3 Å². The molecular weight excluding hydrogens is 187 g/mol. The molecule has 1 amide bonds. The van der Waals surface area contributed by atoms with Crippen LogP contribution in [0.4, 0.5) is 15.8 Å². The van der Waals surface area contributed by atoms with E-state index in [9.17, 15) is 9.18 Å². The van der Waals surface area contributed by atoms with Gasteiger partial charge < -0.3 is 16.2 Å². The molecule has 0 aromatic heterocycles. The smallest absolute Gasteiger partial charge is 0.252 e.